The minimum Gasteiger partial charge on any atom is -0.508 e. The van der Waals surface area contributed by atoms with Gasteiger partial charge in [0.25, 0.3) is 0 Å². The number of aromatic hydroxyl groups is 2. The maximum absolute atomic E-state index is 14.6. The maximum atomic E-state index is 14.6. The lowest BCUT2D eigenvalue weighted by molar-refractivity contribution is -0.225. The molecule has 0 unspecified atom stereocenters. The molecule has 5 fully saturated rings. The summed E-state index contributed by atoms with van der Waals surface area (Å²) in [4.78, 5) is 14.6. The molecule has 8 rings (SSSR count). The molecule has 258 valence electrons. The Labute approximate surface area is 276 Å². The predicted octanol–water partition coefficient (Wildman–Crippen LogP) is 3.63. The number of aliphatic hydroxyl groups excluding tert-OH is 2. The van der Waals surface area contributed by atoms with Crippen LogP contribution in [0.5, 0.6) is 11.5 Å². The second-order valence-corrected chi connectivity index (χ2v) is 17.6. The van der Waals surface area contributed by atoms with Crippen LogP contribution < -0.4 is 0 Å². The fourth-order valence-electron chi connectivity index (χ4n) is 13.2. The number of carbonyl (C=O) groups excluding carboxylic acids is 1. The van der Waals surface area contributed by atoms with Gasteiger partial charge in [-0.25, -0.2) is 0 Å². The van der Waals surface area contributed by atoms with Gasteiger partial charge in [0, 0.05) is 35.7 Å². The number of ether oxygens (including phenoxy) is 1. The zero-order chi connectivity index (χ0) is 33.9. The molecule has 15 atom stereocenters. The van der Waals surface area contributed by atoms with Gasteiger partial charge in [-0.1, -0.05) is 40.5 Å². The van der Waals surface area contributed by atoms with E-state index in [1.165, 1.54) is 12.1 Å². The van der Waals surface area contributed by atoms with E-state index in [0.717, 1.165) is 12.8 Å². The standard InChI is InChI=1S/C38H52O9/c1-18-7-6-10-38(32(43)19(18)2)35(5,44)31-27(47-38)16-37(46)24-15-26(41)30-29-22-13-20(39)14-25(40)21(22)8-12-36(29,45)28(42)17-33(30,3)23(24)9-11-34(31,37)4/h13-15,18-19,23,27-32,39-40,42-46H,6-12,16-17H2,1-5H3/t18-,19-,23+,27-,28-,29+,30-,31+,32-,33+,34+,35+,36+,37-,38-/m0/s1. The lowest BCUT2D eigenvalue weighted by Gasteiger charge is -2.64. The number of fused-ring (bicyclic) bond motifs is 11. The predicted molar refractivity (Wildman–Crippen MR) is 171 cm³/mol. The van der Waals surface area contributed by atoms with Gasteiger partial charge in [-0.15, -0.1) is 0 Å². The average Bonchev–Trinajstić information content (AvgIpc) is 3.31. The topological polar surface area (TPSA) is 168 Å². The SMILES string of the molecule is C[C@H]1[C@@H](C)CCC[C@]2(O[C@H]3C[C@]4(O)C5=CC(=O)[C@H]6[C@H]7c8cc(O)cc(O)c8CC[C@@]7(O)[C@@H](O)C[C@]6(C)[C@@H]5CC[C@]4(C)[C@@H]3[C@@]2(C)O)[C@H]1O. The third-order valence-corrected chi connectivity index (χ3v) is 15.8. The van der Waals surface area contributed by atoms with Gasteiger partial charge in [0.2, 0.25) is 0 Å². The van der Waals surface area contributed by atoms with Gasteiger partial charge in [0.15, 0.2) is 5.78 Å². The molecule has 1 aromatic rings. The van der Waals surface area contributed by atoms with Crippen molar-refractivity contribution in [1.82, 2.24) is 0 Å². The van der Waals surface area contributed by atoms with Crippen LogP contribution in [0.25, 0.3) is 0 Å². The highest BCUT2D eigenvalue weighted by Crippen LogP contribution is 2.74. The largest absolute Gasteiger partial charge is 0.508 e. The number of hydrogen-bond acceptors (Lipinski definition) is 9. The Bertz CT molecular complexity index is 1570. The lowest BCUT2D eigenvalue weighted by Crippen LogP contribution is -2.68. The summed E-state index contributed by atoms with van der Waals surface area (Å²) in [6.45, 7) is 9.95. The fourth-order valence-corrected chi connectivity index (χ4v) is 13.2. The van der Waals surface area contributed by atoms with E-state index in [0.29, 0.717) is 42.4 Å². The van der Waals surface area contributed by atoms with Gasteiger partial charge in [0.05, 0.1) is 35.1 Å². The van der Waals surface area contributed by atoms with Crippen LogP contribution in [-0.2, 0) is 16.0 Å². The van der Waals surface area contributed by atoms with E-state index < -0.39 is 69.3 Å². The number of rotatable bonds is 0. The van der Waals surface area contributed by atoms with Crippen molar-refractivity contribution >= 4 is 5.78 Å². The first-order chi connectivity index (χ1) is 21.9. The van der Waals surface area contributed by atoms with Crippen molar-refractivity contribution in [1.29, 1.82) is 0 Å². The molecule has 7 aliphatic rings. The Morgan fingerprint density at radius 3 is 2.36 bits per heavy atom. The summed E-state index contributed by atoms with van der Waals surface area (Å²) in [6, 6.07) is 2.78. The molecule has 0 bridgehead atoms. The van der Waals surface area contributed by atoms with Crippen molar-refractivity contribution < 1.29 is 45.3 Å². The number of benzene rings is 1. The zero-order valence-corrected chi connectivity index (χ0v) is 28.2. The molecule has 9 heteroatoms. The summed E-state index contributed by atoms with van der Waals surface area (Å²) in [6.07, 6.45) is 3.34. The van der Waals surface area contributed by atoms with E-state index in [1.807, 2.05) is 20.8 Å². The number of hydrogen-bond donors (Lipinski definition) is 7. The molecule has 9 nitrogen and oxygen atoms in total. The lowest BCUT2D eigenvalue weighted by atomic mass is 9.41. The van der Waals surface area contributed by atoms with Crippen molar-refractivity contribution in [2.24, 2.45) is 40.4 Å². The third kappa shape index (κ3) is 3.64. The van der Waals surface area contributed by atoms with Crippen LogP contribution in [0.2, 0.25) is 0 Å². The highest BCUT2D eigenvalue weighted by molar-refractivity contribution is 5.96. The first kappa shape index (κ1) is 32.2. The number of carbonyl (C=O) groups is 1. The molecule has 1 spiro atoms. The van der Waals surface area contributed by atoms with Gasteiger partial charge in [-0.3, -0.25) is 4.79 Å². The Hall–Kier alpha value is -2.01. The molecule has 7 N–H and O–H groups in total. The normalized spacial score (nSPS) is 54.8. The van der Waals surface area contributed by atoms with Crippen LogP contribution >= 0.6 is 0 Å². The van der Waals surface area contributed by atoms with Crippen molar-refractivity contribution in [2.45, 2.75) is 139 Å². The molecule has 47 heavy (non-hydrogen) atoms. The molecule has 1 aromatic carbocycles. The number of allylic oxidation sites excluding steroid dienone is 1. The van der Waals surface area contributed by atoms with E-state index in [-0.39, 0.29) is 54.3 Å². The van der Waals surface area contributed by atoms with Crippen molar-refractivity contribution in [2.75, 3.05) is 0 Å². The van der Waals surface area contributed by atoms with Crippen molar-refractivity contribution in [3.8, 4) is 11.5 Å². The zero-order valence-electron chi connectivity index (χ0n) is 28.2. The summed E-state index contributed by atoms with van der Waals surface area (Å²) in [5.74, 6) is -2.64. The van der Waals surface area contributed by atoms with Crippen LogP contribution in [0.4, 0.5) is 0 Å². The molecular formula is C38H52O9. The van der Waals surface area contributed by atoms with Gasteiger partial charge in [-0.2, -0.15) is 0 Å². The minimum absolute atomic E-state index is 0.0640. The Kier molecular flexibility index (Phi) is 6.58. The van der Waals surface area contributed by atoms with Crippen LogP contribution in [0.15, 0.2) is 23.8 Å². The van der Waals surface area contributed by atoms with Crippen LogP contribution in [0.1, 0.15) is 103 Å². The number of phenols is 2. The summed E-state index contributed by atoms with van der Waals surface area (Å²) in [5.41, 5.74) is -5.65. The third-order valence-electron chi connectivity index (χ3n) is 15.8. The van der Waals surface area contributed by atoms with Crippen LogP contribution in [0.3, 0.4) is 0 Å². The Morgan fingerprint density at radius 2 is 1.64 bits per heavy atom. The fraction of sp³-hybridized carbons (Fsp3) is 0.763. The number of phenolic OH excluding ortho intramolecular Hbond substituents is 2. The molecular weight excluding hydrogens is 600 g/mol. The number of aliphatic hydroxyl groups is 5. The monoisotopic (exact) mass is 652 g/mol. The second kappa shape index (κ2) is 9.61. The molecule has 0 radical (unpaired) electrons. The highest BCUT2D eigenvalue weighted by atomic mass is 16.6. The molecule has 6 aliphatic carbocycles. The highest BCUT2D eigenvalue weighted by Gasteiger charge is 2.79. The van der Waals surface area contributed by atoms with Gasteiger partial charge >= 0.3 is 0 Å². The van der Waals surface area contributed by atoms with E-state index in [4.69, 9.17) is 4.74 Å². The molecule has 0 aromatic heterocycles. The maximum Gasteiger partial charge on any atom is 0.160 e. The smallest absolute Gasteiger partial charge is 0.160 e. The first-order valence-corrected chi connectivity index (χ1v) is 17.9. The molecule has 4 saturated carbocycles. The molecule has 0 amide bonds. The average molecular weight is 653 g/mol. The number of ketones is 1. The van der Waals surface area contributed by atoms with Crippen LogP contribution in [-0.4, -0.2) is 82.2 Å². The van der Waals surface area contributed by atoms with Gasteiger partial charge < -0.3 is 40.5 Å². The summed E-state index contributed by atoms with van der Waals surface area (Å²) in [7, 11) is 0. The van der Waals surface area contributed by atoms with Crippen molar-refractivity contribution in [3.63, 3.8) is 0 Å². The van der Waals surface area contributed by atoms with E-state index in [9.17, 15) is 40.5 Å². The first-order valence-electron chi connectivity index (χ1n) is 17.9. The van der Waals surface area contributed by atoms with E-state index in [2.05, 4.69) is 6.92 Å². The minimum atomic E-state index is -1.61. The molecule has 1 saturated heterocycles. The Morgan fingerprint density at radius 1 is 0.915 bits per heavy atom. The summed E-state index contributed by atoms with van der Waals surface area (Å²) >= 11 is 0. The van der Waals surface area contributed by atoms with Gasteiger partial charge in [0.1, 0.15) is 17.1 Å². The molecule has 1 aliphatic heterocycles. The summed E-state index contributed by atoms with van der Waals surface area (Å²) < 4.78 is 6.87. The van der Waals surface area contributed by atoms with E-state index >= 15 is 0 Å². The van der Waals surface area contributed by atoms with Gasteiger partial charge in [-0.05, 0) is 97.5 Å². The second-order valence-electron chi connectivity index (χ2n) is 17.6. The van der Waals surface area contributed by atoms with Crippen LogP contribution in [0, 0.1) is 40.4 Å². The molecule has 1 heterocycles. The Balaban J connectivity index is 1.22. The quantitative estimate of drug-likeness (QED) is 0.221. The summed E-state index contributed by atoms with van der Waals surface area (Å²) in [5, 5.41) is 82.3. The van der Waals surface area contributed by atoms with E-state index in [1.54, 1.807) is 13.0 Å². The van der Waals surface area contributed by atoms with Crippen molar-refractivity contribution in [3.05, 3.63) is 34.9 Å².